The summed E-state index contributed by atoms with van der Waals surface area (Å²) in [6.07, 6.45) is 15.5. The molecule has 0 radical (unpaired) electrons. The average Bonchev–Trinajstić information content (AvgIpc) is 3.02. The summed E-state index contributed by atoms with van der Waals surface area (Å²) in [4.78, 5) is 0. The molecule has 5 aliphatic carbocycles. The van der Waals surface area contributed by atoms with Crippen LogP contribution in [0.15, 0.2) is 10.6 Å². The maximum absolute atomic E-state index is 5.67. The number of hydrogen-bond acceptors (Lipinski definition) is 3. The highest BCUT2D eigenvalue weighted by Crippen LogP contribution is 2.55. The summed E-state index contributed by atoms with van der Waals surface area (Å²) in [5.74, 6) is 4.71. The van der Waals surface area contributed by atoms with Gasteiger partial charge in [-0.05, 0) is 69.1 Å². The van der Waals surface area contributed by atoms with Gasteiger partial charge in [0.25, 0.3) is 0 Å². The summed E-state index contributed by atoms with van der Waals surface area (Å²) < 4.78 is 5.67. The molecule has 5 fully saturated rings. The summed E-state index contributed by atoms with van der Waals surface area (Å²) in [6, 6.07) is 2.24. The Hall–Kier alpha value is -0.830. The molecule has 1 N–H and O–H groups in total. The molecule has 0 unspecified atom stereocenters. The van der Waals surface area contributed by atoms with Crippen LogP contribution in [0.2, 0.25) is 0 Å². The van der Waals surface area contributed by atoms with Crippen LogP contribution in [0.25, 0.3) is 0 Å². The zero-order chi connectivity index (χ0) is 15.3. The lowest BCUT2D eigenvalue weighted by Crippen LogP contribution is -2.58. The zero-order valence-electron chi connectivity index (χ0n) is 14.2. The van der Waals surface area contributed by atoms with E-state index < -0.39 is 0 Å². The lowest BCUT2D eigenvalue weighted by atomic mass is 9.53. The topological polar surface area (TPSA) is 38.1 Å². The minimum Gasteiger partial charge on any atom is -0.360 e. The maximum atomic E-state index is 5.67. The Kier molecular flexibility index (Phi) is 3.54. The molecule has 23 heavy (non-hydrogen) atoms. The minimum absolute atomic E-state index is 0.423. The molecule has 0 spiro atoms. The molecule has 0 atom stereocenters. The molecule has 5 aliphatic rings. The summed E-state index contributed by atoms with van der Waals surface area (Å²) >= 11 is 0. The third-order valence-corrected chi connectivity index (χ3v) is 7.28. The smallest absolute Gasteiger partial charge is 0.150 e. The summed E-state index contributed by atoms with van der Waals surface area (Å²) in [7, 11) is 0. The SMILES string of the molecule is c1c(C2CCCCC2)noc1CNC12CC3CC(CC(C3)C1)C2. The van der Waals surface area contributed by atoms with E-state index in [1.54, 1.807) is 0 Å². The van der Waals surface area contributed by atoms with E-state index in [-0.39, 0.29) is 0 Å². The highest BCUT2D eigenvalue weighted by Gasteiger charge is 2.50. The van der Waals surface area contributed by atoms with Crippen LogP contribution < -0.4 is 5.32 Å². The van der Waals surface area contributed by atoms with E-state index in [1.165, 1.54) is 76.3 Å². The fourth-order valence-corrected chi connectivity index (χ4v) is 6.60. The van der Waals surface area contributed by atoms with E-state index >= 15 is 0 Å². The molecule has 6 rings (SSSR count). The van der Waals surface area contributed by atoms with E-state index in [4.69, 9.17) is 4.52 Å². The predicted octanol–water partition coefficient (Wildman–Crippen LogP) is 4.78. The molecule has 4 bridgehead atoms. The quantitative estimate of drug-likeness (QED) is 0.869. The fraction of sp³-hybridized carbons (Fsp3) is 0.850. The first-order valence-corrected chi connectivity index (χ1v) is 9.98. The van der Waals surface area contributed by atoms with E-state index in [0.717, 1.165) is 30.1 Å². The van der Waals surface area contributed by atoms with Crippen molar-refractivity contribution < 1.29 is 4.52 Å². The van der Waals surface area contributed by atoms with Gasteiger partial charge in [0.2, 0.25) is 0 Å². The first-order valence-electron chi connectivity index (χ1n) is 9.98. The number of nitrogens with one attached hydrogen (secondary N) is 1. The second-order valence-electron chi connectivity index (χ2n) is 9.10. The Morgan fingerprint density at radius 3 is 2.30 bits per heavy atom. The van der Waals surface area contributed by atoms with Gasteiger partial charge in [-0.2, -0.15) is 0 Å². The van der Waals surface area contributed by atoms with Crippen LogP contribution in [0.5, 0.6) is 0 Å². The lowest BCUT2D eigenvalue weighted by molar-refractivity contribution is -0.0215. The van der Waals surface area contributed by atoms with Crippen molar-refractivity contribution in [3.63, 3.8) is 0 Å². The molecular formula is C20H30N2O. The largest absolute Gasteiger partial charge is 0.360 e. The van der Waals surface area contributed by atoms with E-state index in [1.807, 2.05) is 0 Å². The molecule has 3 heteroatoms. The Bertz CT molecular complexity index is 522. The molecule has 0 amide bonds. The number of hydrogen-bond donors (Lipinski definition) is 1. The minimum atomic E-state index is 0.423. The van der Waals surface area contributed by atoms with Gasteiger partial charge < -0.3 is 9.84 Å². The molecule has 1 aromatic heterocycles. The van der Waals surface area contributed by atoms with Crippen LogP contribution in [0.3, 0.4) is 0 Å². The fourth-order valence-electron chi connectivity index (χ4n) is 6.60. The molecule has 0 aromatic carbocycles. The van der Waals surface area contributed by atoms with Crippen molar-refractivity contribution in [3.05, 3.63) is 17.5 Å². The predicted molar refractivity (Wildman–Crippen MR) is 90.1 cm³/mol. The van der Waals surface area contributed by atoms with Crippen LogP contribution in [-0.2, 0) is 6.54 Å². The molecule has 0 saturated heterocycles. The number of aromatic nitrogens is 1. The van der Waals surface area contributed by atoms with Crippen LogP contribution in [0, 0.1) is 17.8 Å². The Balaban J connectivity index is 1.24. The van der Waals surface area contributed by atoms with Crippen molar-refractivity contribution in [3.8, 4) is 0 Å². The van der Waals surface area contributed by atoms with Gasteiger partial charge in [0, 0.05) is 17.5 Å². The van der Waals surface area contributed by atoms with Crippen molar-refractivity contribution in [2.75, 3.05) is 0 Å². The lowest BCUT2D eigenvalue weighted by Gasteiger charge is -2.57. The maximum Gasteiger partial charge on any atom is 0.150 e. The Labute approximate surface area is 139 Å². The molecule has 5 saturated carbocycles. The molecule has 126 valence electrons. The Morgan fingerprint density at radius 1 is 1.00 bits per heavy atom. The van der Waals surface area contributed by atoms with Crippen LogP contribution >= 0.6 is 0 Å². The second-order valence-corrected chi connectivity index (χ2v) is 9.10. The van der Waals surface area contributed by atoms with Gasteiger partial charge in [-0.1, -0.05) is 24.4 Å². The number of rotatable bonds is 4. The van der Waals surface area contributed by atoms with Gasteiger partial charge in [0.15, 0.2) is 5.76 Å². The third kappa shape index (κ3) is 2.75. The standard InChI is InChI=1S/C20H30N2O/c1-2-4-17(5-3-1)19-9-18(23-22-19)13-21-20-10-14-6-15(11-20)8-16(7-14)12-20/h9,14-17,21H,1-8,10-13H2. The summed E-state index contributed by atoms with van der Waals surface area (Å²) in [5, 5.41) is 8.32. The second kappa shape index (κ2) is 5.61. The first kappa shape index (κ1) is 14.5. The van der Waals surface area contributed by atoms with Crippen LogP contribution in [-0.4, -0.2) is 10.7 Å². The van der Waals surface area contributed by atoms with Gasteiger partial charge >= 0.3 is 0 Å². The third-order valence-electron chi connectivity index (χ3n) is 7.28. The van der Waals surface area contributed by atoms with Gasteiger partial charge in [0.05, 0.1) is 12.2 Å². The molecule has 1 aromatic rings. The van der Waals surface area contributed by atoms with Crippen molar-refractivity contribution in [1.29, 1.82) is 0 Å². The normalized spacial score (nSPS) is 39.9. The molecular weight excluding hydrogens is 284 g/mol. The summed E-state index contributed by atoms with van der Waals surface area (Å²) in [6.45, 7) is 0.881. The van der Waals surface area contributed by atoms with Crippen molar-refractivity contribution in [2.45, 2.75) is 88.6 Å². The molecule has 1 heterocycles. The zero-order valence-corrected chi connectivity index (χ0v) is 14.2. The average molecular weight is 314 g/mol. The van der Waals surface area contributed by atoms with Gasteiger partial charge in [-0.3, -0.25) is 0 Å². The van der Waals surface area contributed by atoms with Gasteiger partial charge in [-0.25, -0.2) is 0 Å². The molecule has 3 nitrogen and oxygen atoms in total. The van der Waals surface area contributed by atoms with Gasteiger partial charge in [0.1, 0.15) is 0 Å². The monoisotopic (exact) mass is 314 g/mol. The first-order chi connectivity index (χ1) is 11.3. The highest BCUT2D eigenvalue weighted by atomic mass is 16.5. The van der Waals surface area contributed by atoms with Crippen molar-refractivity contribution in [1.82, 2.24) is 10.5 Å². The van der Waals surface area contributed by atoms with Gasteiger partial charge in [-0.15, -0.1) is 0 Å². The van der Waals surface area contributed by atoms with Crippen molar-refractivity contribution in [2.24, 2.45) is 17.8 Å². The van der Waals surface area contributed by atoms with Crippen molar-refractivity contribution >= 4 is 0 Å². The van der Waals surface area contributed by atoms with E-state index in [9.17, 15) is 0 Å². The Morgan fingerprint density at radius 2 is 1.65 bits per heavy atom. The number of nitrogens with zero attached hydrogens (tertiary/aromatic N) is 1. The summed E-state index contributed by atoms with van der Waals surface area (Å²) in [5.41, 5.74) is 1.64. The van der Waals surface area contributed by atoms with E-state index in [0.29, 0.717) is 11.5 Å². The highest BCUT2D eigenvalue weighted by molar-refractivity contribution is 5.13. The van der Waals surface area contributed by atoms with Crippen LogP contribution in [0.1, 0.15) is 88.0 Å². The van der Waals surface area contributed by atoms with E-state index in [2.05, 4.69) is 16.5 Å². The van der Waals surface area contributed by atoms with Crippen LogP contribution in [0.4, 0.5) is 0 Å². The molecule has 0 aliphatic heterocycles.